The molecule has 0 bridgehead atoms. The molecule has 0 aromatic carbocycles. The Kier molecular flexibility index (Phi) is 6.10. The van der Waals surface area contributed by atoms with Crippen LogP contribution in [0.3, 0.4) is 0 Å². The fourth-order valence-corrected chi connectivity index (χ4v) is 10.1. The van der Waals surface area contributed by atoms with Gasteiger partial charge in [0, 0.05) is 11.8 Å². The van der Waals surface area contributed by atoms with Crippen LogP contribution in [0.5, 0.6) is 0 Å². The third kappa shape index (κ3) is 3.53. The van der Waals surface area contributed by atoms with Crippen molar-refractivity contribution in [1.29, 1.82) is 0 Å². The van der Waals surface area contributed by atoms with Gasteiger partial charge in [0.05, 0.1) is 11.7 Å². The first-order valence-corrected chi connectivity index (χ1v) is 13.7. The maximum absolute atomic E-state index is 12.9. The minimum Gasteiger partial charge on any atom is -0.390 e. The summed E-state index contributed by atoms with van der Waals surface area (Å²) >= 11 is 0. The molecule has 33 heavy (non-hydrogen) atoms. The molecule has 0 saturated heterocycles. The number of hydrogen-bond acceptors (Lipinski definition) is 3. The van der Waals surface area contributed by atoms with Crippen LogP contribution >= 0.6 is 0 Å². The van der Waals surface area contributed by atoms with Crippen molar-refractivity contribution in [1.82, 2.24) is 0 Å². The van der Waals surface area contributed by atoms with Crippen molar-refractivity contribution in [3.8, 4) is 0 Å². The SMILES string of the molecule is C=C(C)[C@H](O)CC[C@](C)(O)[C@H]1CC[C@]2(C)[C@@H]1CC[C@H]1[C@@]3(C)CCC(=O)C(C)(C)[C@@H]3CC[C@]12C. The lowest BCUT2D eigenvalue weighted by atomic mass is 9.35. The average molecular weight is 459 g/mol. The lowest BCUT2D eigenvalue weighted by molar-refractivity contribution is -0.207. The van der Waals surface area contributed by atoms with Crippen LogP contribution in [-0.2, 0) is 4.79 Å². The van der Waals surface area contributed by atoms with Gasteiger partial charge in [0.15, 0.2) is 0 Å². The number of ketones is 1. The maximum atomic E-state index is 12.9. The molecule has 0 aromatic rings. The number of aliphatic hydroxyl groups excluding tert-OH is 1. The Morgan fingerprint density at radius 3 is 2.30 bits per heavy atom. The number of fused-ring (bicyclic) bond motifs is 5. The molecule has 2 N–H and O–H groups in total. The van der Waals surface area contributed by atoms with Crippen molar-refractivity contribution in [3.63, 3.8) is 0 Å². The standard InChI is InChI=1S/C30H50O3/c1-19(2)22(31)12-18-30(8,33)21-11-16-28(6)20(21)9-10-24-27(5)15-14-25(32)26(3,4)23(27)13-17-29(24,28)7/h20-24,31,33H,1,9-18H2,2-8H3/t20-,21+,22-,23+,24+,27+,28-,29-,30+/m1/s1. The average Bonchev–Trinajstić information content (AvgIpc) is 3.08. The van der Waals surface area contributed by atoms with Crippen LogP contribution in [0.1, 0.15) is 113 Å². The highest BCUT2D eigenvalue weighted by Crippen LogP contribution is 2.75. The van der Waals surface area contributed by atoms with Gasteiger partial charge in [-0.1, -0.05) is 46.8 Å². The van der Waals surface area contributed by atoms with Gasteiger partial charge in [-0.3, -0.25) is 4.79 Å². The molecular weight excluding hydrogens is 408 g/mol. The fraction of sp³-hybridized carbons (Fsp3) is 0.900. The molecule has 4 fully saturated rings. The molecule has 0 heterocycles. The predicted molar refractivity (Wildman–Crippen MR) is 135 cm³/mol. The van der Waals surface area contributed by atoms with Gasteiger partial charge in [0.1, 0.15) is 5.78 Å². The molecular formula is C30H50O3. The number of hydrogen-bond donors (Lipinski definition) is 2. The Hall–Kier alpha value is -0.670. The van der Waals surface area contributed by atoms with Gasteiger partial charge in [-0.2, -0.15) is 0 Å². The van der Waals surface area contributed by atoms with E-state index in [1.807, 2.05) is 13.8 Å². The van der Waals surface area contributed by atoms with Crippen molar-refractivity contribution < 1.29 is 15.0 Å². The van der Waals surface area contributed by atoms with E-state index in [-0.39, 0.29) is 21.7 Å². The molecule has 3 heteroatoms. The molecule has 0 radical (unpaired) electrons. The van der Waals surface area contributed by atoms with Crippen LogP contribution in [0, 0.1) is 45.3 Å². The summed E-state index contributed by atoms with van der Waals surface area (Å²) < 4.78 is 0. The van der Waals surface area contributed by atoms with E-state index in [1.54, 1.807) is 0 Å². The third-order valence-electron chi connectivity index (χ3n) is 12.4. The minimum atomic E-state index is -0.748. The zero-order valence-electron chi connectivity index (χ0n) is 22.5. The van der Waals surface area contributed by atoms with E-state index in [9.17, 15) is 15.0 Å². The Morgan fingerprint density at radius 1 is 1.03 bits per heavy atom. The second kappa shape index (κ2) is 7.92. The van der Waals surface area contributed by atoms with Crippen LogP contribution in [0.2, 0.25) is 0 Å². The Labute approximate surface area is 202 Å². The highest BCUT2D eigenvalue weighted by molar-refractivity contribution is 5.85. The van der Waals surface area contributed by atoms with E-state index in [4.69, 9.17) is 0 Å². The Morgan fingerprint density at radius 2 is 1.67 bits per heavy atom. The normalized spacial score (nSPS) is 47.1. The van der Waals surface area contributed by atoms with Gasteiger partial charge in [-0.25, -0.2) is 0 Å². The Balaban J connectivity index is 1.60. The fourth-order valence-electron chi connectivity index (χ4n) is 10.1. The third-order valence-corrected chi connectivity index (χ3v) is 12.4. The summed E-state index contributed by atoms with van der Waals surface area (Å²) in [6.45, 7) is 19.9. The van der Waals surface area contributed by atoms with E-state index in [1.165, 1.54) is 25.7 Å². The van der Waals surface area contributed by atoms with Crippen LogP contribution in [0.15, 0.2) is 12.2 Å². The largest absolute Gasteiger partial charge is 0.390 e. The number of rotatable bonds is 5. The van der Waals surface area contributed by atoms with E-state index in [0.29, 0.717) is 42.3 Å². The van der Waals surface area contributed by atoms with Crippen molar-refractivity contribution in [3.05, 3.63) is 12.2 Å². The summed E-state index contributed by atoms with van der Waals surface area (Å²) in [5.41, 5.74) is 0.580. The van der Waals surface area contributed by atoms with Gasteiger partial charge in [-0.15, -0.1) is 0 Å². The summed E-state index contributed by atoms with van der Waals surface area (Å²) in [7, 11) is 0. The molecule has 9 atom stereocenters. The topological polar surface area (TPSA) is 57.5 Å². The number of aliphatic hydroxyl groups is 2. The molecule has 0 amide bonds. The van der Waals surface area contributed by atoms with Gasteiger partial charge >= 0.3 is 0 Å². The number of Topliss-reactive ketones (excluding diaryl/α,β-unsaturated/α-hetero) is 1. The van der Waals surface area contributed by atoms with E-state index in [0.717, 1.165) is 31.3 Å². The van der Waals surface area contributed by atoms with Crippen molar-refractivity contribution in [2.75, 3.05) is 0 Å². The van der Waals surface area contributed by atoms with Crippen LogP contribution in [0.25, 0.3) is 0 Å². The molecule has 4 rings (SSSR count). The molecule has 0 aliphatic heterocycles. The first kappa shape index (κ1) is 25.4. The zero-order chi connectivity index (χ0) is 24.6. The van der Waals surface area contributed by atoms with Crippen molar-refractivity contribution >= 4 is 5.78 Å². The monoisotopic (exact) mass is 458 g/mol. The first-order chi connectivity index (χ1) is 15.1. The van der Waals surface area contributed by atoms with E-state index < -0.39 is 11.7 Å². The molecule has 0 aromatic heterocycles. The molecule has 0 spiro atoms. The second-order valence-corrected chi connectivity index (χ2v) is 14.2. The molecule has 4 aliphatic carbocycles. The zero-order valence-corrected chi connectivity index (χ0v) is 22.5. The quantitative estimate of drug-likeness (QED) is 0.450. The summed E-state index contributed by atoms with van der Waals surface area (Å²) in [6, 6.07) is 0. The first-order valence-electron chi connectivity index (χ1n) is 13.7. The minimum absolute atomic E-state index is 0.196. The molecule has 0 unspecified atom stereocenters. The van der Waals surface area contributed by atoms with Gasteiger partial charge in [0.25, 0.3) is 0 Å². The highest BCUT2D eigenvalue weighted by Gasteiger charge is 2.69. The summed E-state index contributed by atoms with van der Waals surface area (Å²) in [6.07, 6.45) is 9.58. The maximum Gasteiger partial charge on any atom is 0.138 e. The summed E-state index contributed by atoms with van der Waals surface area (Å²) in [5, 5.41) is 21.9. The van der Waals surface area contributed by atoms with Crippen molar-refractivity contribution in [2.24, 2.45) is 45.3 Å². The smallest absolute Gasteiger partial charge is 0.138 e. The lowest BCUT2D eigenvalue weighted by Gasteiger charge is -2.69. The molecule has 3 nitrogen and oxygen atoms in total. The lowest BCUT2D eigenvalue weighted by Crippen LogP contribution is -2.63. The number of carbonyl (C=O) groups is 1. The molecule has 188 valence electrons. The second-order valence-electron chi connectivity index (χ2n) is 14.2. The summed E-state index contributed by atoms with van der Waals surface area (Å²) in [5.74, 6) is 2.46. The molecule has 4 aliphatic rings. The van der Waals surface area contributed by atoms with E-state index in [2.05, 4.69) is 41.2 Å². The van der Waals surface area contributed by atoms with Crippen LogP contribution < -0.4 is 0 Å². The van der Waals surface area contributed by atoms with E-state index >= 15 is 0 Å². The van der Waals surface area contributed by atoms with Crippen LogP contribution in [0.4, 0.5) is 0 Å². The Bertz CT molecular complexity index is 811. The number of carbonyl (C=O) groups excluding carboxylic acids is 1. The van der Waals surface area contributed by atoms with Crippen LogP contribution in [-0.4, -0.2) is 27.7 Å². The highest BCUT2D eigenvalue weighted by atomic mass is 16.3. The van der Waals surface area contributed by atoms with Gasteiger partial charge < -0.3 is 10.2 Å². The van der Waals surface area contributed by atoms with Gasteiger partial charge in [0.2, 0.25) is 0 Å². The van der Waals surface area contributed by atoms with Gasteiger partial charge in [-0.05, 0) is 112 Å². The van der Waals surface area contributed by atoms with Crippen molar-refractivity contribution in [2.45, 2.75) is 124 Å². The summed E-state index contributed by atoms with van der Waals surface area (Å²) in [4.78, 5) is 12.9. The molecule has 4 saturated carbocycles. The predicted octanol–water partition coefficient (Wildman–Crippen LogP) is 6.71.